The van der Waals surface area contributed by atoms with Crippen molar-refractivity contribution in [2.75, 3.05) is 14.1 Å². The van der Waals surface area contributed by atoms with Crippen LogP contribution in [0.4, 0.5) is 0 Å². The van der Waals surface area contributed by atoms with Crippen molar-refractivity contribution in [3.63, 3.8) is 0 Å². The molecule has 6 heteroatoms. The smallest absolute Gasteiger partial charge is 0.254 e. The molecule has 0 aromatic heterocycles. The maximum Gasteiger partial charge on any atom is 0.254 e. The van der Waals surface area contributed by atoms with Crippen molar-refractivity contribution in [2.24, 2.45) is 0 Å². The molecule has 0 unspecified atom stereocenters. The number of sulfonamides is 1. The van der Waals surface area contributed by atoms with Crippen molar-refractivity contribution < 1.29 is 13.2 Å². The zero-order valence-electron chi connectivity index (χ0n) is 16.3. The van der Waals surface area contributed by atoms with Gasteiger partial charge in [-0.05, 0) is 55.5 Å². The Bertz CT molecular complexity index is 949. The molecule has 1 aliphatic rings. The van der Waals surface area contributed by atoms with E-state index < -0.39 is 10.0 Å². The molecule has 0 radical (unpaired) electrons. The fraction of sp³-hybridized carbons (Fsp3) is 0.381. The molecule has 0 heterocycles. The minimum absolute atomic E-state index is 0.111. The summed E-state index contributed by atoms with van der Waals surface area (Å²) in [4.78, 5) is 15.3. The van der Waals surface area contributed by atoms with E-state index in [4.69, 9.17) is 0 Å². The summed E-state index contributed by atoms with van der Waals surface area (Å²) in [5.74, 6) is -0.111. The van der Waals surface area contributed by atoms with Gasteiger partial charge in [-0.15, -0.1) is 0 Å². The highest BCUT2D eigenvalue weighted by Crippen LogP contribution is 2.31. The van der Waals surface area contributed by atoms with Crippen LogP contribution in [0.3, 0.4) is 0 Å². The lowest BCUT2D eigenvalue weighted by Gasteiger charge is -2.24. The van der Waals surface area contributed by atoms with Gasteiger partial charge in [-0.3, -0.25) is 4.79 Å². The molecule has 0 aliphatic heterocycles. The first kappa shape index (κ1) is 19.6. The number of rotatable bonds is 6. The molecule has 0 saturated heterocycles. The van der Waals surface area contributed by atoms with E-state index in [1.165, 1.54) is 24.5 Å². The molecule has 0 spiro atoms. The van der Waals surface area contributed by atoms with Gasteiger partial charge in [0.25, 0.3) is 5.91 Å². The minimum atomic E-state index is -3.61. The first-order valence-corrected chi connectivity index (χ1v) is 10.5. The Balaban J connectivity index is 1.99. The van der Waals surface area contributed by atoms with Gasteiger partial charge in [-0.1, -0.05) is 30.3 Å². The summed E-state index contributed by atoms with van der Waals surface area (Å²) in [7, 11) is -0.604. The van der Waals surface area contributed by atoms with Crippen LogP contribution in [0.15, 0.2) is 47.4 Å². The predicted octanol–water partition coefficient (Wildman–Crippen LogP) is 3.36. The van der Waals surface area contributed by atoms with Gasteiger partial charge in [0.15, 0.2) is 0 Å². The standard InChI is InChI=1S/C21H26N2O3S/c1-15-12-18(13-20(16(15)2)27(25,26)22(3)4)21(24)23(19-10-11-19)14-17-8-6-5-7-9-17/h5-9,12-13,19H,10-11,14H2,1-4H3. The third-order valence-corrected chi connectivity index (χ3v) is 7.01. The van der Waals surface area contributed by atoms with E-state index in [0.29, 0.717) is 17.7 Å². The van der Waals surface area contributed by atoms with Crippen molar-refractivity contribution >= 4 is 15.9 Å². The molecular weight excluding hydrogens is 360 g/mol. The molecule has 27 heavy (non-hydrogen) atoms. The van der Waals surface area contributed by atoms with Gasteiger partial charge in [-0.25, -0.2) is 12.7 Å². The second kappa shape index (κ2) is 7.44. The highest BCUT2D eigenvalue weighted by atomic mass is 32.2. The summed E-state index contributed by atoms with van der Waals surface area (Å²) < 4.78 is 26.6. The molecule has 0 bridgehead atoms. The van der Waals surface area contributed by atoms with Crippen molar-refractivity contribution in [3.8, 4) is 0 Å². The largest absolute Gasteiger partial charge is 0.331 e. The predicted molar refractivity (Wildman–Crippen MR) is 106 cm³/mol. The van der Waals surface area contributed by atoms with E-state index in [-0.39, 0.29) is 16.8 Å². The normalized spacial score (nSPS) is 14.4. The summed E-state index contributed by atoms with van der Waals surface area (Å²) >= 11 is 0. The first-order chi connectivity index (χ1) is 12.7. The molecule has 3 rings (SSSR count). The first-order valence-electron chi connectivity index (χ1n) is 9.10. The Hall–Kier alpha value is -2.18. The molecule has 144 valence electrons. The summed E-state index contributed by atoms with van der Waals surface area (Å²) in [6.45, 7) is 4.16. The van der Waals surface area contributed by atoms with Crippen LogP contribution < -0.4 is 0 Å². The van der Waals surface area contributed by atoms with E-state index in [1.54, 1.807) is 13.0 Å². The van der Waals surface area contributed by atoms with E-state index in [2.05, 4.69) is 0 Å². The van der Waals surface area contributed by atoms with Gasteiger partial charge in [0.1, 0.15) is 0 Å². The molecule has 5 nitrogen and oxygen atoms in total. The average molecular weight is 387 g/mol. The van der Waals surface area contributed by atoms with E-state index >= 15 is 0 Å². The monoisotopic (exact) mass is 386 g/mol. The molecule has 0 N–H and O–H groups in total. The molecule has 1 aliphatic carbocycles. The highest BCUT2D eigenvalue weighted by Gasteiger charge is 2.34. The van der Waals surface area contributed by atoms with Crippen LogP contribution in [0.1, 0.15) is 39.9 Å². The number of carbonyl (C=O) groups excluding carboxylic acids is 1. The summed E-state index contributed by atoms with van der Waals surface area (Å²) in [5, 5.41) is 0. The minimum Gasteiger partial charge on any atom is -0.331 e. The molecule has 1 amide bonds. The molecule has 2 aromatic carbocycles. The third kappa shape index (κ3) is 4.06. The van der Waals surface area contributed by atoms with Gasteiger partial charge in [0.05, 0.1) is 4.90 Å². The lowest BCUT2D eigenvalue weighted by molar-refractivity contribution is 0.0729. The van der Waals surface area contributed by atoms with Crippen molar-refractivity contribution in [3.05, 3.63) is 64.7 Å². The lowest BCUT2D eigenvalue weighted by atomic mass is 10.0. The van der Waals surface area contributed by atoms with E-state index in [9.17, 15) is 13.2 Å². The second-order valence-electron chi connectivity index (χ2n) is 7.35. The van der Waals surface area contributed by atoms with Crippen LogP contribution in [0.25, 0.3) is 0 Å². The summed E-state index contributed by atoms with van der Waals surface area (Å²) in [6, 6.07) is 13.4. The number of hydrogen-bond donors (Lipinski definition) is 0. The molecule has 1 fully saturated rings. The van der Waals surface area contributed by atoms with Crippen molar-refractivity contribution in [1.29, 1.82) is 0 Å². The van der Waals surface area contributed by atoms with Gasteiger partial charge in [0, 0.05) is 32.2 Å². The fourth-order valence-electron chi connectivity index (χ4n) is 3.11. The number of hydrogen-bond acceptors (Lipinski definition) is 3. The van der Waals surface area contributed by atoms with Gasteiger partial charge in [-0.2, -0.15) is 0 Å². The van der Waals surface area contributed by atoms with Gasteiger partial charge >= 0.3 is 0 Å². The quantitative estimate of drug-likeness (QED) is 0.765. The number of amides is 1. The van der Waals surface area contributed by atoms with Gasteiger partial charge in [0.2, 0.25) is 10.0 Å². The van der Waals surface area contributed by atoms with Crippen LogP contribution in [-0.2, 0) is 16.6 Å². The van der Waals surface area contributed by atoms with Crippen molar-refractivity contribution in [1.82, 2.24) is 9.21 Å². The van der Waals surface area contributed by atoms with Crippen LogP contribution in [0, 0.1) is 13.8 Å². The number of benzene rings is 2. The fourth-order valence-corrected chi connectivity index (χ4v) is 4.33. The Morgan fingerprint density at radius 3 is 2.26 bits per heavy atom. The average Bonchev–Trinajstić information content (AvgIpc) is 3.47. The molecule has 0 atom stereocenters. The zero-order chi connectivity index (χ0) is 19.8. The van der Waals surface area contributed by atoms with Crippen molar-refractivity contribution in [2.45, 2.75) is 44.2 Å². The Labute approximate surface area is 161 Å². The Morgan fingerprint density at radius 2 is 1.70 bits per heavy atom. The Morgan fingerprint density at radius 1 is 1.07 bits per heavy atom. The maximum absolute atomic E-state index is 13.3. The number of nitrogens with zero attached hydrogens (tertiary/aromatic N) is 2. The third-order valence-electron chi connectivity index (χ3n) is 5.07. The summed E-state index contributed by atoms with van der Waals surface area (Å²) in [6.07, 6.45) is 1.98. The Kier molecular flexibility index (Phi) is 5.40. The topological polar surface area (TPSA) is 57.7 Å². The molecule has 1 saturated carbocycles. The van der Waals surface area contributed by atoms with E-state index in [0.717, 1.165) is 24.0 Å². The van der Waals surface area contributed by atoms with Crippen LogP contribution >= 0.6 is 0 Å². The van der Waals surface area contributed by atoms with Crippen LogP contribution in [0.2, 0.25) is 0 Å². The molecule has 2 aromatic rings. The zero-order valence-corrected chi connectivity index (χ0v) is 17.1. The van der Waals surface area contributed by atoms with Crippen LogP contribution in [0.5, 0.6) is 0 Å². The van der Waals surface area contributed by atoms with E-state index in [1.807, 2.05) is 42.2 Å². The highest BCUT2D eigenvalue weighted by molar-refractivity contribution is 7.89. The summed E-state index contributed by atoms with van der Waals surface area (Å²) in [5.41, 5.74) is 2.99. The second-order valence-corrected chi connectivity index (χ2v) is 9.47. The lowest BCUT2D eigenvalue weighted by Crippen LogP contribution is -2.33. The molecular formula is C21H26N2O3S. The maximum atomic E-state index is 13.3. The van der Waals surface area contributed by atoms with Crippen LogP contribution in [-0.4, -0.2) is 43.7 Å². The number of aryl methyl sites for hydroxylation is 1. The van der Waals surface area contributed by atoms with Gasteiger partial charge < -0.3 is 4.90 Å². The number of carbonyl (C=O) groups is 1. The SMILES string of the molecule is Cc1cc(C(=O)N(Cc2ccccc2)C2CC2)cc(S(=O)(=O)N(C)C)c1C.